The minimum atomic E-state index is -0.168. The number of hydrogen-bond acceptors (Lipinski definition) is 6. The van der Waals surface area contributed by atoms with Gasteiger partial charge in [0.05, 0.1) is 16.3 Å². The first-order valence-corrected chi connectivity index (χ1v) is 9.86. The average Bonchev–Trinajstić information content (AvgIpc) is 3.33. The monoisotopic (exact) mass is 384 g/mol. The lowest BCUT2D eigenvalue weighted by atomic mass is 10.2. The number of amidine groups is 1. The molecule has 2 heterocycles. The van der Waals surface area contributed by atoms with Crippen LogP contribution in [-0.2, 0) is 16.1 Å². The molecule has 1 saturated carbocycles. The average molecular weight is 384 g/mol. The summed E-state index contributed by atoms with van der Waals surface area (Å²) in [5.41, 5.74) is 1.09. The van der Waals surface area contributed by atoms with Crippen molar-refractivity contribution < 1.29 is 9.59 Å². The first-order valence-electron chi connectivity index (χ1n) is 8.23. The molecule has 4 rings (SSSR count). The maximum absolute atomic E-state index is 12.1. The van der Waals surface area contributed by atoms with Gasteiger partial charge in [-0.1, -0.05) is 41.7 Å². The van der Waals surface area contributed by atoms with Gasteiger partial charge in [-0.15, -0.1) is 0 Å². The van der Waals surface area contributed by atoms with Crippen molar-refractivity contribution in [3.63, 3.8) is 0 Å². The number of rotatable bonds is 5. The Hall–Kier alpha value is -2.45. The fourth-order valence-corrected chi connectivity index (χ4v) is 3.99. The first kappa shape index (κ1) is 17.0. The Morgan fingerprint density at radius 2 is 2.15 bits per heavy atom. The van der Waals surface area contributed by atoms with Crippen molar-refractivity contribution in [1.29, 1.82) is 0 Å². The molecule has 1 aromatic carbocycles. The molecular formula is C18H16N4O2S2. The second kappa shape index (κ2) is 7.43. The topological polar surface area (TPSA) is 83.4 Å². The molecule has 0 bridgehead atoms. The normalized spacial score (nSPS) is 19.8. The lowest BCUT2D eigenvalue weighted by Crippen LogP contribution is -2.19. The van der Waals surface area contributed by atoms with E-state index in [9.17, 15) is 9.59 Å². The fraction of sp³-hybridized carbons (Fsp3) is 0.222. The van der Waals surface area contributed by atoms with E-state index in [0.717, 1.165) is 23.3 Å². The van der Waals surface area contributed by atoms with E-state index in [1.807, 2.05) is 30.3 Å². The van der Waals surface area contributed by atoms with E-state index in [-0.39, 0.29) is 17.7 Å². The molecule has 0 radical (unpaired) electrons. The minimum Gasteiger partial charge on any atom is -0.302 e. The number of nitrogens with one attached hydrogen (secondary N) is 2. The number of anilines is 1. The Bertz CT molecular complexity index is 901. The van der Waals surface area contributed by atoms with E-state index >= 15 is 0 Å². The third kappa shape index (κ3) is 4.20. The second-order valence-corrected chi connectivity index (χ2v) is 8.10. The maximum atomic E-state index is 12.1. The lowest BCUT2D eigenvalue weighted by Gasteiger charge is -1.97. The van der Waals surface area contributed by atoms with Crippen LogP contribution in [0.1, 0.15) is 23.3 Å². The molecule has 0 atom stereocenters. The summed E-state index contributed by atoms with van der Waals surface area (Å²) in [6.45, 7) is 0.522. The summed E-state index contributed by atoms with van der Waals surface area (Å²) in [6.07, 6.45) is 5.34. The largest absolute Gasteiger partial charge is 0.302 e. The van der Waals surface area contributed by atoms with Crippen LogP contribution < -0.4 is 10.6 Å². The molecule has 1 aliphatic heterocycles. The number of hydrogen-bond donors (Lipinski definition) is 2. The second-order valence-electron chi connectivity index (χ2n) is 6.00. The van der Waals surface area contributed by atoms with Crippen molar-refractivity contribution in [3.05, 3.63) is 51.9 Å². The van der Waals surface area contributed by atoms with Gasteiger partial charge in [-0.3, -0.25) is 14.6 Å². The standard InChI is InChI=1S/C18H16N4O2S2/c23-15(12-6-7-12)21-17-20-10-13(25-17)8-14-16(24)22-18(26-14)19-9-11-4-2-1-3-5-11/h1-5,8,10,12H,6-7,9H2,(H,19,22,24)(H,20,21,23)/b14-8-. The molecule has 6 nitrogen and oxygen atoms in total. The summed E-state index contributed by atoms with van der Waals surface area (Å²) in [5.74, 6) is 0.000834. The fourth-order valence-electron chi connectivity index (χ4n) is 2.34. The van der Waals surface area contributed by atoms with Crippen LogP contribution in [0.15, 0.2) is 46.4 Å². The van der Waals surface area contributed by atoms with E-state index in [2.05, 4.69) is 20.6 Å². The Balaban J connectivity index is 1.40. The van der Waals surface area contributed by atoms with Gasteiger partial charge < -0.3 is 10.6 Å². The molecular weight excluding hydrogens is 368 g/mol. The molecule has 8 heteroatoms. The van der Waals surface area contributed by atoms with Gasteiger partial charge in [0.15, 0.2) is 10.3 Å². The van der Waals surface area contributed by atoms with E-state index in [4.69, 9.17) is 0 Å². The molecule has 2 fully saturated rings. The van der Waals surface area contributed by atoms with Gasteiger partial charge in [-0.2, -0.15) is 0 Å². The number of amides is 2. The molecule has 1 aromatic heterocycles. The molecule has 2 aromatic rings. The van der Waals surface area contributed by atoms with Crippen LogP contribution in [0.25, 0.3) is 6.08 Å². The number of nitrogens with zero attached hydrogens (tertiary/aromatic N) is 2. The third-order valence-electron chi connectivity index (χ3n) is 3.87. The highest BCUT2D eigenvalue weighted by atomic mass is 32.2. The van der Waals surface area contributed by atoms with Gasteiger partial charge in [-0.05, 0) is 36.2 Å². The summed E-state index contributed by atoms with van der Waals surface area (Å²) in [7, 11) is 0. The number of thiazole rings is 1. The number of thioether (sulfide) groups is 1. The maximum Gasteiger partial charge on any atom is 0.264 e. The zero-order valence-electron chi connectivity index (χ0n) is 13.8. The summed E-state index contributed by atoms with van der Waals surface area (Å²) < 4.78 is 0. The van der Waals surface area contributed by atoms with Crippen LogP contribution in [0.3, 0.4) is 0 Å². The Kier molecular flexibility index (Phi) is 4.85. The van der Waals surface area contributed by atoms with Gasteiger partial charge in [0.1, 0.15) is 0 Å². The highest BCUT2D eigenvalue weighted by molar-refractivity contribution is 8.18. The number of carbonyl (C=O) groups is 2. The summed E-state index contributed by atoms with van der Waals surface area (Å²) in [6, 6.07) is 9.88. The van der Waals surface area contributed by atoms with Crippen LogP contribution >= 0.6 is 23.1 Å². The van der Waals surface area contributed by atoms with Gasteiger partial charge >= 0.3 is 0 Å². The molecule has 2 amide bonds. The van der Waals surface area contributed by atoms with Crippen LogP contribution in [0, 0.1) is 5.92 Å². The van der Waals surface area contributed by atoms with E-state index in [1.54, 1.807) is 12.3 Å². The highest BCUT2D eigenvalue weighted by Crippen LogP contribution is 2.32. The summed E-state index contributed by atoms with van der Waals surface area (Å²) >= 11 is 2.67. The van der Waals surface area contributed by atoms with Crippen LogP contribution in [0.2, 0.25) is 0 Å². The molecule has 132 valence electrons. The Morgan fingerprint density at radius 3 is 2.92 bits per heavy atom. The van der Waals surface area contributed by atoms with Crippen molar-refractivity contribution in [2.45, 2.75) is 19.4 Å². The van der Waals surface area contributed by atoms with E-state index < -0.39 is 0 Å². The van der Waals surface area contributed by atoms with Gasteiger partial charge in [0.2, 0.25) is 5.91 Å². The number of carbonyl (C=O) groups excluding carboxylic acids is 2. The Morgan fingerprint density at radius 1 is 1.35 bits per heavy atom. The molecule has 26 heavy (non-hydrogen) atoms. The van der Waals surface area contributed by atoms with Crippen molar-refractivity contribution in [1.82, 2.24) is 10.3 Å². The quantitative estimate of drug-likeness (QED) is 0.775. The van der Waals surface area contributed by atoms with Gasteiger partial charge in [0.25, 0.3) is 5.91 Å². The number of aliphatic imine (C=N–C) groups is 1. The van der Waals surface area contributed by atoms with Crippen LogP contribution in [0.4, 0.5) is 5.13 Å². The molecule has 0 spiro atoms. The first-order chi connectivity index (χ1) is 12.7. The third-order valence-corrected chi connectivity index (χ3v) is 5.68. The van der Waals surface area contributed by atoms with Crippen LogP contribution in [-0.4, -0.2) is 22.0 Å². The van der Waals surface area contributed by atoms with Gasteiger partial charge in [0, 0.05) is 12.1 Å². The predicted molar refractivity (Wildman–Crippen MR) is 105 cm³/mol. The lowest BCUT2D eigenvalue weighted by molar-refractivity contribution is -0.117. The molecule has 0 unspecified atom stereocenters. The Labute approximate surface area is 158 Å². The van der Waals surface area contributed by atoms with E-state index in [1.165, 1.54) is 23.1 Å². The van der Waals surface area contributed by atoms with Crippen LogP contribution in [0.5, 0.6) is 0 Å². The zero-order valence-corrected chi connectivity index (χ0v) is 15.4. The van der Waals surface area contributed by atoms with Crippen molar-refractivity contribution >= 4 is 51.3 Å². The number of aromatic nitrogens is 1. The summed E-state index contributed by atoms with van der Waals surface area (Å²) in [5, 5.41) is 6.75. The SMILES string of the molecule is O=C1NC(=NCc2ccccc2)S/C1=C\c1cnc(NC(=O)C2CC2)s1. The molecule has 1 aliphatic carbocycles. The van der Waals surface area contributed by atoms with Crippen molar-refractivity contribution in [2.24, 2.45) is 10.9 Å². The van der Waals surface area contributed by atoms with Crippen molar-refractivity contribution in [3.8, 4) is 0 Å². The van der Waals surface area contributed by atoms with E-state index in [0.29, 0.717) is 21.7 Å². The van der Waals surface area contributed by atoms with Gasteiger partial charge in [-0.25, -0.2) is 4.98 Å². The highest BCUT2D eigenvalue weighted by Gasteiger charge is 2.30. The predicted octanol–water partition coefficient (Wildman–Crippen LogP) is 3.25. The molecule has 1 saturated heterocycles. The summed E-state index contributed by atoms with van der Waals surface area (Å²) in [4.78, 5) is 33.9. The van der Waals surface area contributed by atoms with Crippen molar-refractivity contribution in [2.75, 3.05) is 5.32 Å². The number of benzene rings is 1. The smallest absolute Gasteiger partial charge is 0.264 e. The minimum absolute atomic E-state index is 0.0295. The molecule has 2 N–H and O–H groups in total. The molecule has 2 aliphatic rings. The zero-order chi connectivity index (χ0) is 17.9.